The highest BCUT2D eigenvalue weighted by atomic mass is 16.2. The highest BCUT2D eigenvalue weighted by molar-refractivity contribution is 5.92. The van der Waals surface area contributed by atoms with Crippen LogP contribution in [0.3, 0.4) is 0 Å². The molecule has 0 unspecified atom stereocenters. The number of amides is 1. The lowest BCUT2D eigenvalue weighted by Crippen LogP contribution is -2.35. The van der Waals surface area contributed by atoms with Crippen molar-refractivity contribution in [1.29, 1.82) is 0 Å². The molecule has 94 valence electrons. The van der Waals surface area contributed by atoms with Gasteiger partial charge in [-0.2, -0.15) is 0 Å². The summed E-state index contributed by atoms with van der Waals surface area (Å²) in [7, 11) is 1.81. The Labute approximate surface area is 104 Å². The third-order valence-corrected chi connectivity index (χ3v) is 2.75. The minimum atomic E-state index is -0.289. The SMILES string of the molecule is Cc1cccc(N(C)C(=O)CCC(C)(C)N)c1. The zero-order valence-electron chi connectivity index (χ0n) is 11.2. The minimum Gasteiger partial charge on any atom is -0.326 e. The van der Waals surface area contributed by atoms with Crippen molar-refractivity contribution in [3.63, 3.8) is 0 Å². The summed E-state index contributed by atoms with van der Waals surface area (Å²) in [4.78, 5) is 13.7. The first-order valence-corrected chi connectivity index (χ1v) is 5.92. The molecule has 2 N–H and O–H groups in total. The van der Waals surface area contributed by atoms with Gasteiger partial charge in [-0.25, -0.2) is 0 Å². The monoisotopic (exact) mass is 234 g/mol. The average molecular weight is 234 g/mol. The fraction of sp³-hybridized carbons (Fsp3) is 0.500. The predicted molar refractivity (Wildman–Crippen MR) is 72.1 cm³/mol. The Kier molecular flexibility index (Phi) is 4.29. The van der Waals surface area contributed by atoms with Crippen LogP contribution in [0.1, 0.15) is 32.3 Å². The van der Waals surface area contributed by atoms with Crippen LogP contribution in [0.4, 0.5) is 5.69 Å². The Morgan fingerprint density at radius 2 is 2.06 bits per heavy atom. The van der Waals surface area contributed by atoms with Gasteiger partial charge in [0.1, 0.15) is 0 Å². The Hall–Kier alpha value is -1.35. The number of carbonyl (C=O) groups is 1. The van der Waals surface area contributed by atoms with Crippen molar-refractivity contribution in [3.8, 4) is 0 Å². The van der Waals surface area contributed by atoms with Crippen LogP contribution >= 0.6 is 0 Å². The van der Waals surface area contributed by atoms with E-state index in [9.17, 15) is 4.79 Å². The number of benzene rings is 1. The van der Waals surface area contributed by atoms with Crippen molar-refractivity contribution in [1.82, 2.24) is 0 Å². The number of hydrogen-bond donors (Lipinski definition) is 1. The Morgan fingerprint density at radius 1 is 1.41 bits per heavy atom. The lowest BCUT2D eigenvalue weighted by atomic mass is 9.99. The van der Waals surface area contributed by atoms with Crippen LogP contribution in [0.25, 0.3) is 0 Å². The summed E-state index contributed by atoms with van der Waals surface area (Å²) in [6, 6.07) is 7.93. The van der Waals surface area contributed by atoms with Crippen molar-refractivity contribution >= 4 is 11.6 Å². The van der Waals surface area contributed by atoms with Gasteiger partial charge in [-0.1, -0.05) is 12.1 Å². The molecule has 0 aliphatic rings. The van der Waals surface area contributed by atoms with E-state index in [0.29, 0.717) is 12.8 Å². The van der Waals surface area contributed by atoms with Gasteiger partial charge in [0.15, 0.2) is 0 Å². The van der Waals surface area contributed by atoms with E-state index in [1.807, 2.05) is 45.0 Å². The summed E-state index contributed by atoms with van der Waals surface area (Å²) in [6.45, 7) is 5.89. The first-order chi connectivity index (χ1) is 7.79. The standard InChI is InChI=1S/C14H22N2O/c1-11-6-5-7-12(10-11)16(4)13(17)8-9-14(2,3)15/h5-7,10H,8-9,15H2,1-4H3. The third kappa shape index (κ3) is 4.57. The minimum absolute atomic E-state index is 0.106. The van der Waals surface area contributed by atoms with E-state index in [2.05, 4.69) is 0 Å². The molecule has 0 radical (unpaired) electrons. The fourth-order valence-corrected chi connectivity index (χ4v) is 1.58. The van der Waals surface area contributed by atoms with Gasteiger partial charge in [-0.05, 0) is 44.9 Å². The molecule has 0 aromatic heterocycles. The summed E-state index contributed by atoms with van der Waals surface area (Å²) in [5.41, 5.74) is 7.68. The van der Waals surface area contributed by atoms with Gasteiger partial charge in [0.2, 0.25) is 5.91 Å². The van der Waals surface area contributed by atoms with Crippen molar-refractivity contribution in [2.45, 2.75) is 39.2 Å². The smallest absolute Gasteiger partial charge is 0.226 e. The molecule has 0 heterocycles. The maximum Gasteiger partial charge on any atom is 0.226 e. The van der Waals surface area contributed by atoms with Crippen LogP contribution in [-0.4, -0.2) is 18.5 Å². The van der Waals surface area contributed by atoms with Gasteiger partial charge < -0.3 is 10.6 Å². The molecule has 0 saturated heterocycles. The third-order valence-electron chi connectivity index (χ3n) is 2.75. The number of hydrogen-bond acceptors (Lipinski definition) is 2. The zero-order valence-corrected chi connectivity index (χ0v) is 11.2. The summed E-state index contributed by atoms with van der Waals surface area (Å²) in [5, 5.41) is 0. The Balaban J connectivity index is 2.64. The lowest BCUT2D eigenvalue weighted by molar-refractivity contribution is -0.118. The average Bonchev–Trinajstić information content (AvgIpc) is 2.24. The summed E-state index contributed by atoms with van der Waals surface area (Å²) in [5.74, 6) is 0.106. The number of nitrogens with zero attached hydrogens (tertiary/aromatic N) is 1. The number of rotatable bonds is 4. The number of nitrogens with two attached hydrogens (primary N) is 1. The van der Waals surface area contributed by atoms with Crippen LogP contribution in [0.15, 0.2) is 24.3 Å². The van der Waals surface area contributed by atoms with E-state index in [4.69, 9.17) is 5.73 Å². The van der Waals surface area contributed by atoms with Gasteiger partial charge in [0.05, 0.1) is 0 Å². The molecule has 3 heteroatoms. The molecule has 0 atom stereocenters. The molecule has 0 aliphatic carbocycles. The topological polar surface area (TPSA) is 46.3 Å². The van der Waals surface area contributed by atoms with Crippen LogP contribution < -0.4 is 10.6 Å². The molecule has 0 saturated carbocycles. The van der Waals surface area contributed by atoms with E-state index < -0.39 is 0 Å². The summed E-state index contributed by atoms with van der Waals surface area (Å²) < 4.78 is 0. The Morgan fingerprint density at radius 3 is 2.59 bits per heavy atom. The van der Waals surface area contributed by atoms with Gasteiger partial charge >= 0.3 is 0 Å². The molecular formula is C14H22N2O. The second-order valence-electron chi connectivity index (χ2n) is 5.28. The van der Waals surface area contributed by atoms with Crippen molar-refractivity contribution in [3.05, 3.63) is 29.8 Å². The lowest BCUT2D eigenvalue weighted by Gasteiger charge is -2.22. The van der Waals surface area contributed by atoms with Crippen LogP contribution in [0.2, 0.25) is 0 Å². The summed E-state index contributed by atoms with van der Waals surface area (Å²) >= 11 is 0. The van der Waals surface area contributed by atoms with Gasteiger partial charge in [0.25, 0.3) is 0 Å². The van der Waals surface area contributed by atoms with Crippen molar-refractivity contribution < 1.29 is 4.79 Å². The molecule has 0 spiro atoms. The second kappa shape index (κ2) is 5.32. The molecule has 0 fully saturated rings. The zero-order chi connectivity index (χ0) is 13.1. The predicted octanol–water partition coefficient (Wildman–Crippen LogP) is 2.48. The number of carbonyl (C=O) groups excluding carboxylic acids is 1. The van der Waals surface area contributed by atoms with Crippen LogP contribution in [0.5, 0.6) is 0 Å². The van der Waals surface area contributed by atoms with Crippen molar-refractivity contribution in [2.24, 2.45) is 5.73 Å². The molecular weight excluding hydrogens is 212 g/mol. The molecule has 17 heavy (non-hydrogen) atoms. The normalized spacial score (nSPS) is 11.4. The van der Waals surface area contributed by atoms with Crippen molar-refractivity contribution in [2.75, 3.05) is 11.9 Å². The molecule has 1 rings (SSSR count). The van der Waals surface area contributed by atoms with E-state index in [-0.39, 0.29) is 11.4 Å². The first-order valence-electron chi connectivity index (χ1n) is 5.92. The number of anilines is 1. The van der Waals surface area contributed by atoms with Crippen LogP contribution in [0, 0.1) is 6.92 Å². The largest absolute Gasteiger partial charge is 0.326 e. The maximum atomic E-state index is 12.0. The Bertz CT molecular complexity index is 393. The van der Waals surface area contributed by atoms with E-state index in [1.54, 1.807) is 11.9 Å². The van der Waals surface area contributed by atoms with Gasteiger partial charge in [-0.15, -0.1) is 0 Å². The van der Waals surface area contributed by atoms with Gasteiger partial charge in [0, 0.05) is 24.7 Å². The van der Waals surface area contributed by atoms with E-state index >= 15 is 0 Å². The molecule has 3 nitrogen and oxygen atoms in total. The van der Waals surface area contributed by atoms with E-state index in [1.165, 1.54) is 0 Å². The van der Waals surface area contributed by atoms with Gasteiger partial charge in [-0.3, -0.25) is 4.79 Å². The molecule has 0 aliphatic heterocycles. The quantitative estimate of drug-likeness (QED) is 0.870. The molecule has 1 aromatic carbocycles. The molecule has 1 amide bonds. The highest BCUT2D eigenvalue weighted by Crippen LogP contribution is 2.17. The second-order valence-corrected chi connectivity index (χ2v) is 5.28. The highest BCUT2D eigenvalue weighted by Gasteiger charge is 2.16. The molecule has 1 aromatic rings. The summed E-state index contributed by atoms with van der Waals surface area (Å²) in [6.07, 6.45) is 1.18. The van der Waals surface area contributed by atoms with E-state index in [0.717, 1.165) is 11.3 Å². The fourth-order valence-electron chi connectivity index (χ4n) is 1.58. The maximum absolute atomic E-state index is 12.0. The molecule has 0 bridgehead atoms. The van der Waals surface area contributed by atoms with Crippen LogP contribution in [-0.2, 0) is 4.79 Å². The number of aryl methyl sites for hydroxylation is 1. The first kappa shape index (κ1) is 13.7.